The molecule has 0 aromatic heterocycles. The van der Waals surface area contributed by atoms with Crippen LogP contribution < -0.4 is 10.6 Å². The number of unbranched alkanes of at least 4 members (excludes halogenated alkanes) is 1. The van der Waals surface area contributed by atoms with Gasteiger partial charge >= 0.3 is 0 Å². The Kier molecular flexibility index (Phi) is 11.0. The van der Waals surface area contributed by atoms with Crippen molar-refractivity contribution in [3.8, 4) is 0 Å². The minimum Gasteiger partial charge on any atom is -0.385 e. The van der Waals surface area contributed by atoms with Gasteiger partial charge in [0.1, 0.15) is 5.82 Å². The molecule has 2 aromatic carbocycles. The van der Waals surface area contributed by atoms with Crippen molar-refractivity contribution in [3.05, 3.63) is 119 Å². The molecule has 0 saturated carbocycles. The molecule has 0 heterocycles. The van der Waals surface area contributed by atoms with Crippen LogP contribution in [0, 0.1) is 13.8 Å². The van der Waals surface area contributed by atoms with Crippen LogP contribution in [-0.2, 0) is 0 Å². The van der Waals surface area contributed by atoms with Crippen LogP contribution in [0.2, 0.25) is 0 Å². The minimum absolute atomic E-state index is 0.856. The van der Waals surface area contributed by atoms with E-state index in [2.05, 4.69) is 134 Å². The smallest absolute Gasteiger partial charge is 0.106 e. The third-order valence-electron chi connectivity index (χ3n) is 5.84. The molecule has 34 heavy (non-hydrogen) atoms. The van der Waals surface area contributed by atoms with E-state index in [-0.39, 0.29) is 0 Å². The van der Waals surface area contributed by atoms with Crippen molar-refractivity contribution < 1.29 is 0 Å². The van der Waals surface area contributed by atoms with Crippen molar-refractivity contribution in [3.63, 3.8) is 0 Å². The van der Waals surface area contributed by atoms with E-state index in [0.29, 0.717) is 0 Å². The van der Waals surface area contributed by atoms with Crippen molar-refractivity contribution >= 4 is 27.2 Å². The van der Waals surface area contributed by atoms with Crippen LogP contribution in [0.1, 0.15) is 42.0 Å². The van der Waals surface area contributed by atoms with Gasteiger partial charge in [-0.25, -0.2) is 0 Å². The number of benzene rings is 2. The maximum atomic E-state index is 4.33. The van der Waals surface area contributed by atoms with E-state index in [0.717, 1.165) is 64.3 Å². The van der Waals surface area contributed by atoms with Crippen molar-refractivity contribution in [2.75, 3.05) is 20.1 Å². The van der Waals surface area contributed by atoms with Crippen LogP contribution in [-0.4, -0.2) is 25.0 Å². The predicted molar refractivity (Wildman–Crippen MR) is 153 cm³/mol. The molecule has 0 saturated heterocycles. The zero-order valence-corrected chi connectivity index (χ0v) is 22.6. The molecule has 2 rings (SSSR count). The van der Waals surface area contributed by atoms with Gasteiger partial charge in [-0.2, -0.15) is 0 Å². The highest BCUT2D eigenvalue weighted by Gasteiger charge is 2.10. The minimum atomic E-state index is 0.856. The van der Waals surface area contributed by atoms with Gasteiger partial charge in [0.2, 0.25) is 0 Å². The van der Waals surface area contributed by atoms with E-state index >= 15 is 0 Å². The van der Waals surface area contributed by atoms with Gasteiger partial charge in [0.05, 0.1) is 0 Å². The monoisotopic (exact) mass is 519 g/mol. The van der Waals surface area contributed by atoms with Crippen molar-refractivity contribution in [2.45, 2.75) is 33.6 Å². The first-order valence-electron chi connectivity index (χ1n) is 11.7. The summed E-state index contributed by atoms with van der Waals surface area (Å²) in [7, 11) is 2.05. The Hall–Kier alpha value is -2.98. The highest BCUT2D eigenvalue weighted by atomic mass is 79.9. The standard InChI is InChI=1S/C30H38BrN3/c1-8-29(31)26(6)34(7)30(21-24(4)28-14-10-9-13-23(28)3)33-20-12-11-19-32-25(5)27-17-15-22(2)16-18-27/h8-10,13-18,21,32-33H,1,4-5,11-12,19-20H2,2-3,6-7H3/b29-26+,30-21-. The Bertz CT molecular complexity index is 1060. The topological polar surface area (TPSA) is 27.3 Å². The summed E-state index contributed by atoms with van der Waals surface area (Å²) in [6.07, 6.45) is 6.00. The zero-order valence-electron chi connectivity index (χ0n) is 21.0. The summed E-state index contributed by atoms with van der Waals surface area (Å²) >= 11 is 3.60. The number of hydrogen-bond donors (Lipinski definition) is 2. The Morgan fingerprint density at radius 3 is 2.21 bits per heavy atom. The third kappa shape index (κ3) is 8.11. The van der Waals surface area contributed by atoms with E-state index < -0.39 is 0 Å². The summed E-state index contributed by atoms with van der Waals surface area (Å²) in [5.74, 6) is 1.00. The Morgan fingerprint density at radius 1 is 0.971 bits per heavy atom. The summed E-state index contributed by atoms with van der Waals surface area (Å²) in [4.78, 5) is 2.13. The lowest BCUT2D eigenvalue weighted by Crippen LogP contribution is -2.29. The van der Waals surface area contributed by atoms with Gasteiger partial charge in [0.25, 0.3) is 0 Å². The lowest BCUT2D eigenvalue weighted by Gasteiger charge is -2.26. The maximum Gasteiger partial charge on any atom is 0.106 e. The van der Waals surface area contributed by atoms with Crippen LogP contribution >= 0.6 is 15.9 Å². The molecule has 2 N–H and O–H groups in total. The Morgan fingerprint density at radius 2 is 1.59 bits per heavy atom. The summed E-state index contributed by atoms with van der Waals surface area (Å²) in [5.41, 5.74) is 7.78. The second-order valence-corrected chi connectivity index (χ2v) is 9.33. The summed E-state index contributed by atoms with van der Waals surface area (Å²) in [6, 6.07) is 16.8. The molecule has 3 nitrogen and oxygen atoms in total. The number of rotatable bonds is 13. The maximum absolute atomic E-state index is 4.33. The molecule has 0 radical (unpaired) electrons. The van der Waals surface area contributed by atoms with Gasteiger partial charge in [0.15, 0.2) is 0 Å². The molecule has 0 aliphatic rings. The molecule has 0 aliphatic carbocycles. The average Bonchev–Trinajstić information content (AvgIpc) is 2.84. The largest absolute Gasteiger partial charge is 0.385 e. The van der Waals surface area contributed by atoms with Crippen LogP contribution in [0.5, 0.6) is 0 Å². The average molecular weight is 521 g/mol. The first-order chi connectivity index (χ1) is 16.2. The molecule has 0 spiro atoms. The number of halogens is 1. The van der Waals surface area contributed by atoms with Gasteiger partial charge in [-0.1, -0.05) is 79.9 Å². The fraction of sp³-hybridized carbons (Fsp3) is 0.267. The molecule has 0 aliphatic heterocycles. The Balaban J connectivity index is 1.98. The molecule has 180 valence electrons. The van der Waals surface area contributed by atoms with Gasteiger partial charge in [-0.15, -0.1) is 0 Å². The molecule has 0 fully saturated rings. The van der Waals surface area contributed by atoms with Gasteiger partial charge in [-0.3, -0.25) is 0 Å². The lowest BCUT2D eigenvalue weighted by atomic mass is 10.0. The highest BCUT2D eigenvalue weighted by molar-refractivity contribution is 9.11. The molecular weight excluding hydrogens is 482 g/mol. The second kappa shape index (κ2) is 13.7. The predicted octanol–water partition coefficient (Wildman–Crippen LogP) is 7.53. The molecule has 4 heteroatoms. The van der Waals surface area contributed by atoms with Crippen molar-refractivity contribution in [1.29, 1.82) is 0 Å². The Labute approximate surface area is 214 Å². The summed E-state index contributed by atoms with van der Waals surface area (Å²) in [5, 5.41) is 7.06. The normalized spacial score (nSPS) is 12.0. The number of nitrogens with zero attached hydrogens (tertiary/aromatic N) is 1. The SMILES string of the molecule is C=C/C(Br)=C(/C)N(C)/C(=C\C(=C)c1ccccc1C)NCCCCNC(=C)c1ccc(C)cc1. The molecule has 0 unspecified atom stereocenters. The number of allylic oxidation sites excluding steroid dienone is 5. The van der Waals surface area contributed by atoms with E-state index in [4.69, 9.17) is 0 Å². The van der Waals surface area contributed by atoms with Crippen LogP contribution in [0.15, 0.2) is 96.4 Å². The molecule has 0 amide bonds. The van der Waals surface area contributed by atoms with Crippen LogP contribution in [0.25, 0.3) is 11.3 Å². The fourth-order valence-electron chi connectivity index (χ4n) is 3.49. The van der Waals surface area contributed by atoms with E-state index in [1.165, 1.54) is 11.1 Å². The third-order valence-corrected chi connectivity index (χ3v) is 6.74. The first-order valence-corrected chi connectivity index (χ1v) is 12.5. The van der Waals surface area contributed by atoms with Crippen LogP contribution in [0.3, 0.4) is 0 Å². The molecule has 0 bridgehead atoms. The van der Waals surface area contributed by atoms with Crippen molar-refractivity contribution in [1.82, 2.24) is 15.5 Å². The van der Waals surface area contributed by atoms with E-state index in [9.17, 15) is 0 Å². The van der Waals surface area contributed by atoms with E-state index in [1.807, 2.05) is 6.08 Å². The molecule has 2 aromatic rings. The van der Waals surface area contributed by atoms with E-state index in [1.54, 1.807) is 0 Å². The second-order valence-electron chi connectivity index (χ2n) is 8.47. The first kappa shape index (κ1) is 27.3. The summed E-state index contributed by atoms with van der Waals surface area (Å²) in [6.45, 7) is 20.4. The number of nitrogens with one attached hydrogen (secondary N) is 2. The molecule has 0 atom stereocenters. The van der Waals surface area contributed by atoms with Crippen molar-refractivity contribution in [2.24, 2.45) is 0 Å². The summed E-state index contributed by atoms with van der Waals surface area (Å²) < 4.78 is 0.961. The molecular formula is C30H38BrN3. The number of hydrogen-bond acceptors (Lipinski definition) is 3. The van der Waals surface area contributed by atoms with Crippen LogP contribution in [0.4, 0.5) is 0 Å². The van der Waals surface area contributed by atoms with Gasteiger partial charge in [-0.05, 0) is 77.9 Å². The fourth-order valence-corrected chi connectivity index (χ4v) is 3.76. The van der Waals surface area contributed by atoms with Gasteiger partial charge < -0.3 is 15.5 Å². The lowest BCUT2D eigenvalue weighted by molar-refractivity contribution is 0.463. The van der Waals surface area contributed by atoms with Gasteiger partial charge in [0, 0.05) is 36.0 Å². The highest BCUT2D eigenvalue weighted by Crippen LogP contribution is 2.23. The zero-order chi connectivity index (χ0) is 25.1. The number of aryl methyl sites for hydroxylation is 2. The quantitative estimate of drug-likeness (QED) is 0.211.